The minimum Gasteiger partial charge on any atom is -0.368 e. The van der Waals surface area contributed by atoms with E-state index in [0.717, 1.165) is 34.7 Å². The maximum atomic E-state index is 12.9. The molecule has 0 unspecified atom stereocenters. The van der Waals surface area contributed by atoms with Crippen molar-refractivity contribution >= 4 is 45.1 Å². The second kappa shape index (κ2) is 8.31. The molecule has 1 amide bonds. The summed E-state index contributed by atoms with van der Waals surface area (Å²) in [4.78, 5) is 37.5. The molecule has 2 aromatic carbocycles. The largest absolute Gasteiger partial charge is 0.368 e. The van der Waals surface area contributed by atoms with Gasteiger partial charge in [0.25, 0.3) is 5.56 Å². The van der Waals surface area contributed by atoms with E-state index in [2.05, 4.69) is 21.8 Å². The predicted octanol–water partition coefficient (Wildman–Crippen LogP) is 3.58. The summed E-state index contributed by atoms with van der Waals surface area (Å²) >= 11 is 6.16. The molecule has 1 aliphatic rings. The number of anilines is 1. The number of rotatable bonds is 4. The van der Waals surface area contributed by atoms with Crippen LogP contribution in [0.1, 0.15) is 12.0 Å². The van der Waals surface area contributed by atoms with Crippen LogP contribution in [0.5, 0.6) is 0 Å². The third-order valence-electron chi connectivity index (χ3n) is 6.19. The average molecular weight is 450 g/mol. The van der Waals surface area contributed by atoms with Crippen molar-refractivity contribution in [3.8, 4) is 0 Å². The van der Waals surface area contributed by atoms with Gasteiger partial charge in [-0.25, -0.2) is 4.98 Å². The fourth-order valence-corrected chi connectivity index (χ4v) is 4.56. The molecule has 7 nitrogen and oxygen atoms in total. The summed E-state index contributed by atoms with van der Waals surface area (Å²) in [6.45, 7) is 5.20. The third-order valence-corrected chi connectivity index (χ3v) is 6.43. The molecule has 0 radical (unpaired) electrons. The quantitative estimate of drug-likeness (QED) is 0.516. The zero-order valence-corrected chi connectivity index (χ0v) is 18.6. The van der Waals surface area contributed by atoms with Gasteiger partial charge in [-0.1, -0.05) is 35.9 Å². The minimum absolute atomic E-state index is 0.0520. The lowest BCUT2D eigenvalue weighted by Gasteiger charge is -2.37. The van der Waals surface area contributed by atoms with Crippen molar-refractivity contribution in [2.45, 2.75) is 19.9 Å². The van der Waals surface area contributed by atoms with E-state index in [1.165, 1.54) is 16.5 Å². The van der Waals surface area contributed by atoms with Crippen LogP contribution < -0.4 is 10.5 Å². The molecule has 0 spiro atoms. The molecule has 1 fully saturated rings. The van der Waals surface area contributed by atoms with Crippen molar-refractivity contribution in [1.29, 1.82) is 0 Å². The Labute approximate surface area is 190 Å². The van der Waals surface area contributed by atoms with E-state index < -0.39 is 0 Å². The highest BCUT2D eigenvalue weighted by Crippen LogP contribution is 2.25. The maximum Gasteiger partial charge on any atom is 0.277 e. The molecule has 164 valence electrons. The summed E-state index contributed by atoms with van der Waals surface area (Å²) < 4.78 is 1.52. The highest BCUT2D eigenvalue weighted by atomic mass is 35.5. The van der Waals surface area contributed by atoms with Crippen LogP contribution in [0, 0.1) is 6.92 Å². The molecule has 2 aromatic heterocycles. The van der Waals surface area contributed by atoms with Crippen molar-refractivity contribution in [2.75, 3.05) is 31.1 Å². The van der Waals surface area contributed by atoms with E-state index in [9.17, 15) is 9.59 Å². The lowest BCUT2D eigenvalue weighted by Crippen LogP contribution is -2.49. The molecule has 0 saturated carbocycles. The van der Waals surface area contributed by atoms with Crippen LogP contribution in [0.25, 0.3) is 21.9 Å². The fraction of sp³-hybridized carbons (Fsp3) is 0.292. The average Bonchev–Trinajstić information content (AvgIpc) is 3.20. The molecule has 32 heavy (non-hydrogen) atoms. The van der Waals surface area contributed by atoms with E-state index in [0.29, 0.717) is 30.7 Å². The predicted molar refractivity (Wildman–Crippen MR) is 127 cm³/mol. The number of piperazine rings is 1. The Hall–Kier alpha value is -3.32. The van der Waals surface area contributed by atoms with E-state index in [1.54, 1.807) is 0 Å². The molecular weight excluding hydrogens is 426 g/mol. The highest BCUT2D eigenvalue weighted by Gasteiger charge is 2.22. The molecule has 0 atom stereocenters. The van der Waals surface area contributed by atoms with Gasteiger partial charge in [0.05, 0.1) is 6.33 Å². The maximum absolute atomic E-state index is 12.9. The number of H-pyrrole nitrogens is 1. The highest BCUT2D eigenvalue weighted by molar-refractivity contribution is 6.30. The topological polar surface area (TPSA) is 74.2 Å². The smallest absolute Gasteiger partial charge is 0.277 e. The molecule has 8 heteroatoms. The van der Waals surface area contributed by atoms with Gasteiger partial charge in [-0.05, 0) is 30.7 Å². The van der Waals surface area contributed by atoms with Gasteiger partial charge in [0, 0.05) is 60.8 Å². The summed E-state index contributed by atoms with van der Waals surface area (Å²) in [5, 5.41) is 1.64. The molecule has 0 aliphatic carbocycles. The Bertz CT molecular complexity index is 1370. The number of amides is 1. The normalized spacial score (nSPS) is 14.4. The van der Waals surface area contributed by atoms with Gasteiger partial charge in [-0.3, -0.25) is 14.2 Å². The van der Waals surface area contributed by atoms with E-state index >= 15 is 0 Å². The summed E-state index contributed by atoms with van der Waals surface area (Å²) in [5.41, 5.74) is 4.17. The lowest BCUT2D eigenvalue weighted by molar-refractivity contribution is -0.131. The zero-order valence-electron chi connectivity index (χ0n) is 17.8. The number of aromatic amines is 1. The molecule has 1 saturated heterocycles. The van der Waals surface area contributed by atoms with Crippen LogP contribution in [0.3, 0.4) is 0 Å². The Morgan fingerprint density at radius 2 is 1.91 bits per heavy atom. The van der Waals surface area contributed by atoms with Crippen molar-refractivity contribution in [2.24, 2.45) is 0 Å². The van der Waals surface area contributed by atoms with Gasteiger partial charge >= 0.3 is 0 Å². The van der Waals surface area contributed by atoms with Gasteiger partial charge in [0.1, 0.15) is 11.0 Å². The number of carbonyl (C=O) groups excluding carboxylic acids is 1. The Morgan fingerprint density at radius 3 is 2.72 bits per heavy atom. The number of halogens is 1. The number of aryl methyl sites for hydroxylation is 2. The number of para-hydroxylation sites is 1. The molecule has 0 bridgehead atoms. The molecule has 3 heterocycles. The van der Waals surface area contributed by atoms with Gasteiger partial charge in [0.15, 0.2) is 0 Å². The van der Waals surface area contributed by atoms with Gasteiger partial charge in [-0.2, -0.15) is 0 Å². The summed E-state index contributed by atoms with van der Waals surface area (Å²) in [6, 6.07) is 13.6. The SMILES string of the molecule is Cc1ccc(Cl)cc1N1CCN(C(=O)CCn2cnc3c([nH]c4ccccc43)c2=O)CC1. The van der Waals surface area contributed by atoms with E-state index in [4.69, 9.17) is 11.6 Å². The van der Waals surface area contributed by atoms with Crippen molar-refractivity contribution < 1.29 is 4.79 Å². The molecule has 5 rings (SSSR count). The second-order valence-corrected chi connectivity index (χ2v) is 8.62. The first-order chi connectivity index (χ1) is 15.5. The van der Waals surface area contributed by atoms with E-state index in [-0.39, 0.29) is 17.9 Å². The lowest BCUT2D eigenvalue weighted by atomic mass is 10.1. The van der Waals surface area contributed by atoms with E-state index in [1.807, 2.05) is 47.4 Å². The van der Waals surface area contributed by atoms with Crippen LogP contribution in [-0.2, 0) is 11.3 Å². The monoisotopic (exact) mass is 449 g/mol. The summed E-state index contributed by atoms with van der Waals surface area (Å²) in [7, 11) is 0. The number of hydrogen-bond acceptors (Lipinski definition) is 4. The Balaban J connectivity index is 1.24. The third kappa shape index (κ3) is 3.73. The van der Waals surface area contributed by atoms with Crippen LogP contribution in [0.15, 0.2) is 53.6 Å². The number of aromatic nitrogens is 3. The zero-order chi connectivity index (χ0) is 22.2. The standard InChI is InChI=1S/C24H24ClN5O2/c1-16-6-7-17(25)14-20(16)28-10-12-29(13-11-28)21(31)8-9-30-15-26-22-18-4-2-3-5-19(18)27-23(22)24(30)32/h2-7,14-15,27H,8-13H2,1H3. The summed E-state index contributed by atoms with van der Waals surface area (Å²) in [5.74, 6) is 0.0520. The number of nitrogens with zero attached hydrogens (tertiary/aromatic N) is 4. The number of carbonyl (C=O) groups is 1. The summed E-state index contributed by atoms with van der Waals surface area (Å²) in [6.07, 6.45) is 1.81. The van der Waals surface area contributed by atoms with Crippen LogP contribution >= 0.6 is 11.6 Å². The van der Waals surface area contributed by atoms with Crippen LogP contribution in [-0.4, -0.2) is 51.5 Å². The van der Waals surface area contributed by atoms with Gasteiger partial charge in [-0.15, -0.1) is 0 Å². The molecule has 1 N–H and O–H groups in total. The molecule has 4 aromatic rings. The first kappa shape index (κ1) is 20.6. The number of benzene rings is 2. The molecule has 1 aliphatic heterocycles. The van der Waals surface area contributed by atoms with Crippen molar-refractivity contribution in [3.05, 3.63) is 69.7 Å². The minimum atomic E-state index is -0.153. The van der Waals surface area contributed by atoms with Gasteiger partial charge < -0.3 is 14.8 Å². The first-order valence-corrected chi connectivity index (χ1v) is 11.1. The van der Waals surface area contributed by atoms with Crippen molar-refractivity contribution in [3.63, 3.8) is 0 Å². The first-order valence-electron chi connectivity index (χ1n) is 10.8. The van der Waals surface area contributed by atoms with Crippen molar-refractivity contribution in [1.82, 2.24) is 19.4 Å². The number of fused-ring (bicyclic) bond motifs is 3. The number of hydrogen-bond donors (Lipinski definition) is 1. The van der Waals surface area contributed by atoms with Gasteiger partial charge in [0.2, 0.25) is 5.91 Å². The number of nitrogens with one attached hydrogen (secondary N) is 1. The van der Waals surface area contributed by atoms with Crippen LogP contribution in [0.4, 0.5) is 5.69 Å². The second-order valence-electron chi connectivity index (χ2n) is 8.19. The Morgan fingerprint density at radius 1 is 1.12 bits per heavy atom. The Kier molecular flexibility index (Phi) is 5.35. The molecular formula is C24H24ClN5O2. The van der Waals surface area contributed by atoms with Crippen LogP contribution in [0.2, 0.25) is 5.02 Å². The fourth-order valence-electron chi connectivity index (χ4n) is 4.39.